The zero-order valence-corrected chi connectivity index (χ0v) is 20.1. The van der Waals surface area contributed by atoms with Gasteiger partial charge in [-0.2, -0.15) is 4.31 Å². The summed E-state index contributed by atoms with van der Waals surface area (Å²) in [6.07, 6.45) is 4.60. The molecule has 1 unspecified atom stereocenters. The van der Waals surface area contributed by atoms with Gasteiger partial charge in [0.15, 0.2) is 6.61 Å². The minimum absolute atomic E-state index is 0.0575. The van der Waals surface area contributed by atoms with E-state index in [9.17, 15) is 18.0 Å². The van der Waals surface area contributed by atoms with Crippen molar-refractivity contribution >= 4 is 39.3 Å². The van der Waals surface area contributed by atoms with Crippen LogP contribution in [0.5, 0.6) is 0 Å². The van der Waals surface area contributed by atoms with Crippen molar-refractivity contribution in [1.82, 2.24) is 4.31 Å². The number of carbonyl (C=O) groups is 2. The molecular formula is C23H28N2O5S2. The number of anilines is 1. The molecule has 2 aromatic rings. The molecule has 1 N–H and O–H groups in total. The summed E-state index contributed by atoms with van der Waals surface area (Å²) in [6.45, 7) is 3.59. The second kappa shape index (κ2) is 10.5. The highest BCUT2D eigenvalue weighted by atomic mass is 32.2. The number of carbonyl (C=O) groups excluding carboxylic acids is 2. The number of esters is 1. The van der Waals surface area contributed by atoms with Crippen LogP contribution in [0.15, 0.2) is 52.3 Å². The second-order valence-electron chi connectivity index (χ2n) is 7.79. The maximum atomic E-state index is 13.1. The number of benzene rings is 2. The van der Waals surface area contributed by atoms with Crippen LogP contribution in [0.3, 0.4) is 0 Å². The monoisotopic (exact) mass is 476 g/mol. The fourth-order valence-electron chi connectivity index (χ4n) is 3.63. The van der Waals surface area contributed by atoms with Crippen molar-refractivity contribution in [2.75, 3.05) is 24.7 Å². The van der Waals surface area contributed by atoms with Crippen LogP contribution in [0.25, 0.3) is 0 Å². The lowest BCUT2D eigenvalue weighted by molar-refractivity contribution is -0.119. The van der Waals surface area contributed by atoms with E-state index in [1.165, 1.54) is 16.4 Å². The van der Waals surface area contributed by atoms with Crippen molar-refractivity contribution in [3.05, 3.63) is 53.6 Å². The van der Waals surface area contributed by atoms with E-state index in [1.807, 2.05) is 25.3 Å². The van der Waals surface area contributed by atoms with Crippen LogP contribution >= 0.6 is 11.8 Å². The normalized spacial score (nSPS) is 17.0. The molecule has 1 saturated heterocycles. The molecule has 0 radical (unpaired) electrons. The average molecular weight is 477 g/mol. The Morgan fingerprint density at radius 3 is 2.53 bits per heavy atom. The number of thioether (sulfide) groups is 1. The van der Waals surface area contributed by atoms with Gasteiger partial charge in [-0.05, 0) is 74.9 Å². The van der Waals surface area contributed by atoms with E-state index in [1.54, 1.807) is 36.9 Å². The summed E-state index contributed by atoms with van der Waals surface area (Å²) in [5.74, 6) is -1.21. The van der Waals surface area contributed by atoms with Gasteiger partial charge >= 0.3 is 5.97 Å². The van der Waals surface area contributed by atoms with Gasteiger partial charge in [0.25, 0.3) is 5.91 Å². The van der Waals surface area contributed by atoms with E-state index in [0.29, 0.717) is 17.8 Å². The number of ether oxygens (including phenoxy) is 1. The molecule has 0 spiro atoms. The number of rotatable bonds is 7. The van der Waals surface area contributed by atoms with Crippen molar-refractivity contribution < 1.29 is 22.7 Å². The molecule has 1 heterocycles. The van der Waals surface area contributed by atoms with Crippen LogP contribution in [-0.2, 0) is 19.6 Å². The third kappa shape index (κ3) is 5.70. The number of amides is 1. The van der Waals surface area contributed by atoms with E-state index < -0.39 is 28.5 Å². The largest absolute Gasteiger partial charge is 0.452 e. The Kier molecular flexibility index (Phi) is 7.97. The Morgan fingerprint density at radius 2 is 1.88 bits per heavy atom. The minimum atomic E-state index is -3.72. The van der Waals surface area contributed by atoms with Gasteiger partial charge in [-0.3, -0.25) is 4.79 Å². The molecular weight excluding hydrogens is 448 g/mol. The predicted octanol–water partition coefficient (Wildman–Crippen LogP) is 4.08. The number of nitrogens with one attached hydrogen (secondary N) is 1. The molecule has 0 aliphatic carbocycles. The van der Waals surface area contributed by atoms with Crippen LogP contribution < -0.4 is 5.32 Å². The number of hydrogen-bond donors (Lipinski definition) is 1. The first kappa shape index (κ1) is 24.3. The fraction of sp³-hybridized carbons (Fsp3) is 0.391. The summed E-state index contributed by atoms with van der Waals surface area (Å²) >= 11 is 1.59. The molecule has 3 rings (SSSR count). The highest BCUT2D eigenvalue weighted by Crippen LogP contribution is 2.26. The Bertz CT molecular complexity index is 1080. The zero-order valence-electron chi connectivity index (χ0n) is 18.5. The summed E-state index contributed by atoms with van der Waals surface area (Å²) < 4.78 is 32.9. The quantitative estimate of drug-likeness (QED) is 0.478. The number of hydrogen-bond acceptors (Lipinski definition) is 6. The predicted molar refractivity (Wildman–Crippen MR) is 126 cm³/mol. The molecule has 1 atom stereocenters. The first-order valence-electron chi connectivity index (χ1n) is 10.5. The van der Waals surface area contributed by atoms with Crippen molar-refractivity contribution in [2.24, 2.45) is 0 Å². The van der Waals surface area contributed by atoms with Crippen molar-refractivity contribution in [1.29, 1.82) is 0 Å². The third-order valence-electron chi connectivity index (χ3n) is 5.49. The minimum Gasteiger partial charge on any atom is -0.452 e. The van der Waals surface area contributed by atoms with Crippen LogP contribution in [0.4, 0.5) is 5.69 Å². The van der Waals surface area contributed by atoms with Gasteiger partial charge in [-0.25, -0.2) is 13.2 Å². The SMILES string of the molecule is CSc1ccc(NC(=O)COC(=O)c2cc(S(=O)(=O)N3CCCCC3C)ccc2C)cc1. The Morgan fingerprint density at radius 1 is 1.16 bits per heavy atom. The van der Waals surface area contributed by atoms with Gasteiger partial charge < -0.3 is 10.1 Å². The van der Waals surface area contributed by atoms with Gasteiger partial charge in [0.1, 0.15) is 0 Å². The molecule has 1 aliphatic heterocycles. The van der Waals surface area contributed by atoms with E-state index in [4.69, 9.17) is 4.74 Å². The number of nitrogens with zero attached hydrogens (tertiary/aromatic N) is 1. The Balaban J connectivity index is 1.67. The smallest absolute Gasteiger partial charge is 0.338 e. The maximum Gasteiger partial charge on any atom is 0.338 e. The number of aryl methyl sites for hydroxylation is 1. The molecule has 32 heavy (non-hydrogen) atoms. The van der Waals surface area contributed by atoms with E-state index in [-0.39, 0.29) is 16.5 Å². The molecule has 7 nitrogen and oxygen atoms in total. The lowest BCUT2D eigenvalue weighted by Crippen LogP contribution is -2.41. The van der Waals surface area contributed by atoms with Crippen LogP contribution in [0.1, 0.15) is 42.1 Å². The van der Waals surface area contributed by atoms with Crippen LogP contribution in [0, 0.1) is 6.92 Å². The standard InChI is InChI=1S/C23H28N2O5S2/c1-16-7-12-20(32(28,29)25-13-5-4-6-17(25)2)14-21(16)23(27)30-15-22(26)24-18-8-10-19(31-3)11-9-18/h7-12,14,17H,4-6,13,15H2,1-3H3,(H,24,26). The molecule has 0 bridgehead atoms. The molecule has 1 fully saturated rings. The van der Waals surface area contributed by atoms with Gasteiger partial charge in [0, 0.05) is 23.2 Å². The van der Waals surface area contributed by atoms with E-state index >= 15 is 0 Å². The van der Waals surface area contributed by atoms with Gasteiger partial charge in [0.2, 0.25) is 10.0 Å². The van der Waals surface area contributed by atoms with Crippen molar-refractivity contribution in [3.63, 3.8) is 0 Å². The highest BCUT2D eigenvalue weighted by molar-refractivity contribution is 7.98. The molecule has 2 aromatic carbocycles. The summed E-state index contributed by atoms with van der Waals surface area (Å²) in [4.78, 5) is 25.9. The Hall–Kier alpha value is -2.36. The second-order valence-corrected chi connectivity index (χ2v) is 10.6. The maximum absolute atomic E-state index is 13.1. The summed E-state index contributed by atoms with van der Waals surface area (Å²) in [6, 6.07) is 11.7. The summed E-state index contributed by atoms with van der Waals surface area (Å²) in [7, 11) is -3.72. The molecule has 172 valence electrons. The molecule has 9 heteroatoms. The average Bonchev–Trinajstić information content (AvgIpc) is 2.78. The lowest BCUT2D eigenvalue weighted by Gasteiger charge is -2.32. The molecule has 0 saturated carbocycles. The summed E-state index contributed by atoms with van der Waals surface area (Å²) in [5.41, 5.74) is 1.31. The lowest BCUT2D eigenvalue weighted by atomic mass is 10.1. The molecule has 0 aromatic heterocycles. The van der Waals surface area contributed by atoms with Crippen LogP contribution in [0.2, 0.25) is 0 Å². The highest BCUT2D eigenvalue weighted by Gasteiger charge is 2.31. The van der Waals surface area contributed by atoms with E-state index in [2.05, 4.69) is 5.32 Å². The molecule has 1 aliphatic rings. The van der Waals surface area contributed by atoms with Crippen LogP contribution in [-0.4, -0.2) is 50.0 Å². The zero-order chi connectivity index (χ0) is 23.3. The van der Waals surface area contributed by atoms with E-state index in [0.717, 1.165) is 24.2 Å². The topological polar surface area (TPSA) is 92.8 Å². The van der Waals surface area contributed by atoms with Gasteiger partial charge in [0.05, 0.1) is 10.5 Å². The fourth-order valence-corrected chi connectivity index (χ4v) is 5.76. The van der Waals surface area contributed by atoms with Crippen molar-refractivity contribution in [3.8, 4) is 0 Å². The first-order chi connectivity index (χ1) is 15.2. The van der Waals surface area contributed by atoms with Crippen molar-refractivity contribution in [2.45, 2.75) is 48.9 Å². The third-order valence-corrected chi connectivity index (χ3v) is 8.24. The number of piperidine rings is 1. The number of sulfonamides is 1. The van der Waals surface area contributed by atoms with Gasteiger partial charge in [-0.15, -0.1) is 11.8 Å². The first-order valence-corrected chi connectivity index (χ1v) is 13.1. The van der Waals surface area contributed by atoms with Gasteiger partial charge in [-0.1, -0.05) is 12.5 Å². The summed E-state index contributed by atoms with van der Waals surface area (Å²) in [5, 5.41) is 2.67. The molecule has 1 amide bonds. The Labute approximate surface area is 193 Å².